The van der Waals surface area contributed by atoms with Gasteiger partial charge in [-0.3, -0.25) is 0 Å². The fourth-order valence-electron chi connectivity index (χ4n) is 0.375. The van der Waals surface area contributed by atoms with Crippen molar-refractivity contribution in [1.29, 1.82) is 0 Å². The quantitative estimate of drug-likeness (QED) is 0.588. The van der Waals surface area contributed by atoms with E-state index in [-0.39, 0.29) is 0 Å². The molecule has 7 heavy (non-hydrogen) atoms. The molecule has 0 saturated heterocycles. The molecular weight excluding hydrogens is 214 g/mol. The van der Waals surface area contributed by atoms with E-state index < -0.39 is 23.3 Å². The SMILES string of the molecule is Cl[C]1=CC=C[O][InH]1. The number of hydrogen-bond acceptors (Lipinski definition) is 1. The Hall–Kier alpha value is 0.440. The molecule has 0 aromatic rings. The topological polar surface area (TPSA) is 9.23 Å². The molecule has 36 valence electrons. The standard InChI is InChI=1S/C4H4ClO.In.H/c5-3-1-2-4-6;;/h1-2,4,6H;;/q;+1;/p-1. The molecule has 0 radical (unpaired) electrons. The van der Waals surface area contributed by atoms with Gasteiger partial charge in [0.2, 0.25) is 0 Å². The van der Waals surface area contributed by atoms with Gasteiger partial charge in [-0.1, -0.05) is 0 Å². The zero-order valence-electron chi connectivity index (χ0n) is 3.73. The Kier molecular flexibility index (Phi) is 2.13. The predicted molar refractivity (Wildman–Crippen MR) is 31.3 cm³/mol. The molecule has 0 amide bonds. The van der Waals surface area contributed by atoms with E-state index in [0.717, 1.165) is 2.79 Å². The van der Waals surface area contributed by atoms with Crippen molar-refractivity contribution in [2.24, 2.45) is 0 Å². The molecule has 1 heterocycles. The molecule has 0 atom stereocenters. The van der Waals surface area contributed by atoms with Crippen molar-refractivity contribution in [2.75, 3.05) is 0 Å². The summed E-state index contributed by atoms with van der Waals surface area (Å²) in [6.45, 7) is 0. The minimum atomic E-state index is -1.07. The van der Waals surface area contributed by atoms with E-state index in [2.05, 4.69) is 0 Å². The van der Waals surface area contributed by atoms with Gasteiger partial charge < -0.3 is 0 Å². The third-order valence-corrected chi connectivity index (χ3v) is 4.02. The first kappa shape index (κ1) is 5.57. The van der Waals surface area contributed by atoms with Crippen LogP contribution in [0.15, 0.2) is 21.2 Å². The van der Waals surface area contributed by atoms with Gasteiger partial charge in [-0.2, -0.15) is 0 Å². The molecule has 0 aromatic heterocycles. The second kappa shape index (κ2) is 2.68. The predicted octanol–water partition coefficient (Wildman–Crippen LogP) is 0.962. The van der Waals surface area contributed by atoms with Crippen LogP contribution in [0.5, 0.6) is 0 Å². The van der Waals surface area contributed by atoms with Gasteiger partial charge in [0, 0.05) is 0 Å². The van der Waals surface area contributed by atoms with E-state index >= 15 is 0 Å². The number of rotatable bonds is 0. The van der Waals surface area contributed by atoms with Crippen molar-refractivity contribution in [2.45, 2.75) is 0 Å². The Labute approximate surface area is 59.0 Å². The fraction of sp³-hybridized carbons (Fsp3) is 0. The molecule has 1 aliphatic rings. The summed E-state index contributed by atoms with van der Waals surface area (Å²) in [6, 6.07) is 0. The Morgan fingerprint density at radius 1 is 1.71 bits per heavy atom. The van der Waals surface area contributed by atoms with Crippen molar-refractivity contribution in [3.8, 4) is 0 Å². The third kappa shape index (κ3) is 1.78. The average Bonchev–Trinajstić information content (AvgIpc) is 1.69. The van der Waals surface area contributed by atoms with Gasteiger partial charge in [0.25, 0.3) is 0 Å². The van der Waals surface area contributed by atoms with Crippen LogP contribution in [0.1, 0.15) is 0 Å². The molecule has 1 rings (SSSR count). The second-order valence-electron chi connectivity index (χ2n) is 1.25. The van der Waals surface area contributed by atoms with E-state index in [0.29, 0.717) is 0 Å². The van der Waals surface area contributed by atoms with Gasteiger partial charge in [0.15, 0.2) is 0 Å². The molecule has 0 unspecified atom stereocenters. The van der Waals surface area contributed by atoms with Gasteiger partial charge in [-0.25, -0.2) is 0 Å². The van der Waals surface area contributed by atoms with Crippen molar-refractivity contribution < 1.29 is 2.85 Å². The van der Waals surface area contributed by atoms with E-state index in [4.69, 9.17) is 14.5 Å². The maximum atomic E-state index is 5.59. The van der Waals surface area contributed by atoms with Crippen molar-refractivity contribution >= 4 is 34.9 Å². The van der Waals surface area contributed by atoms with Crippen LogP contribution >= 0.6 is 11.6 Å². The summed E-state index contributed by atoms with van der Waals surface area (Å²) in [7, 11) is 0. The van der Waals surface area contributed by atoms with Gasteiger partial charge >= 0.3 is 59.0 Å². The summed E-state index contributed by atoms with van der Waals surface area (Å²) < 4.78 is 5.97. The monoisotopic (exact) mass is 218 g/mol. The van der Waals surface area contributed by atoms with Crippen LogP contribution in [0.25, 0.3) is 0 Å². The van der Waals surface area contributed by atoms with Gasteiger partial charge in [-0.15, -0.1) is 0 Å². The first-order chi connectivity index (χ1) is 3.39. The summed E-state index contributed by atoms with van der Waals surface area (Å²) >= 11 is 4.53. The minimum absolute atomic E-state index is 0.962. The first-order valence-electron chi connectivity index (χ1n) is 2.02. The molecule has 1 nitrogen and oxygen atoms in total. The molecule has 0 aliphatic carbocycles. The summed E-state index contributed by atoms with van der Waals surface area (Å²) in [5.74, 6) is 0. The van der Waals surface area contributed by atoms with Crippen molar-refractivity contribution in [3.05, 3.63) is 21.2 Å². The van der Waals surface area contributed by atoms with Crippen LogP contribution in [0.2, 0.25) is 0 Å². The van der Waals surface area contributed by atoms with Crippen LogP contribution in [-0.4, -0.2) is 23.3 Å². The summed E-state index contributed by atoms with van der Waals surface area (Å²) in [5.41, 5.74) is 0. The molecule has 3 heteroatoms. The summed E-state index contributed by atoms with van der Waals surface area (Å²) in [4.78, 5) is 0. The van der Waals surface area contributed by atoms with Crippen LogP contribution in [0.3, 0.4) is 0 Å². The number of allylic oxidation sites excluding steroid dienone is 2. The first-order valence-corrected chi connectivity index (χ1v) is 6.07. The van der Waals surface area contributed by atoms with E-state index in [9.17, 15) is 0 Å². The van der Waals surface area contributed by atoms with Crippen LogP contribution in [-0.2, 0) is 2.85 Å². The molecule has 0 bridgehead atoms. The normalized spacial score (nSPS) is 17.0. The van der Waals surface area contributed by atoms with Crippen LogP contribution in [0.4, 0.5) is 0 Å². The maximum absolute atomic E-state index is 5.59. The fourth-order valence-corrected chi connectivity index (χ4v) is 2.58. The molecule has 0 spiro atoms. The van der Waals surface area contributed by atoms with Crippen LogP contribution in [0, 0.1) is 0 Å². The Morgan fingerprint density at radius 2 is 2.57 bits per heavy atom. The van der Waals surface area contributed by atoms with Crippen molar-refractivity contribution in [1.82, 2.24) is 0 Å². The Bertz CT molecular complexity index is 119. The van der Waals surface area contributed by atoms with E-state index in [1.165, 1.54) is 0 Å². The molecule has 0 fully saturated rings. The Morgan fingerprint density at radius 3 is 2.86 bits per heavy atom. The molecule has 0 N–H and O–H groups in total. The average molecular weight is 218 g/mol. The van der Waals surface area contributed by atoms with Gasteiger partial charge in [-0.05, 0) is 0 Å². The van der Waals surface area contributed by atoms with E-state index in [1.54, 1.807) is 6.26 Å². The van der Waals surface area contributed by atoms with Crippen LogP contribution < -0.4 is 0 Å². The number of hydrogen-bond donors (Lipinski definition) is 0. The van der Waals surface area contributed by atoms with E-state index in [1.807, 2.05) is 12.2 Å². The molecule has 0 aromatic carbocycles. The van der Waals surface area contributed by atoms with Gasteiger partial charge in [0.05, 0.1) is 0 Å². The Balaban J connectivity index is 2.57. The second-order valence-corrected chi connectivity index (χ2v) is 6.97. The third-order valence-electron chi connectivity index (χ3n) is 0.673. The zero-order valence-corrected chi connectivity index (χ0v) is 8.52. The van der Waals surface area contributed by atoms with Crippen molar-refractivity contribution in [3.63, 3.8) is 0 Å². The zero-order chi connectivity index (χ0) is 5.11. The molecule has 0 saturated carbocycles. The van der Waals surface area contributed by atoms with Gasteiger partial charge in [0.1, 0.15) is 0 Å². The molecule has 1 aliphatic heterocycles. The number of halogens is 1. The molecular formula is C4H4ClInO. The summed E-state index contributed by atoms with van der Waals surface area (Å²) in [5, 5.41) is 0. The summed E-state index contributed by atoms with van der Waals surface area (Å²) in [6.07, 6.45) is 5.44.